The Hall–Kier alpha value is -4.74. The molecule has 302 valence electrons. The number of carbonyl (C=O) groups is 5. The van der Waals surface area contributed by atoms with Crippen LogP contribution in [0, 0.1) is 5.92 Å². The molecule has 18 nitrogen and oxygen atoms in total. The van der Waals surface area contributed by atoms with Crippen molar-refractivity contribution in [1.82, 2.24) is 5.32 Å². The Labute approximate surface area is 317 Å². The summed E-state index contributed by atoms with van der Waals surface area (Å²) in [6, 6.07) is 16.1. The molecule has 1 amide bonds. The topological polar surface area (TPSA) is 216 Å². The van der Waals surface area contributed by atoms with Crippen LogP contribution < -0.4 is 14.4 Å². The highest BCUT2D eigenvalue weighted by atomic mass is 31.2. The maximum absolute atomic E-state index is 14.7. The lowest BCUT2D eigenvalue weighted by atomic mass is 9.89. The first-order valence-corrected chi connectivity index (χ1v) is 18.9. The van der Waals surface area contributed by atoms with E-state index in [2.05, 4.69) is 5.32 Å². The SMILES string of the molecule is CC[C@@H]1O[C@H](OP(=O)(Oc2ccccc2)Oc2ccccc2)[C@@H](O[C@H]2O[C@H](COC(C)=O)[C@@H](OC(C)=O)[C@H](OC(=O)NC)[C@@H]2OC(C)=O)[C@@H](OC(C)=O)[C@@H]1C. The number of hydrogen-bond acceptors (Lipinski definition) is 17. The highest BCUT2D eigenvalue weighted by Crippen LogP contribution is 2.53. The summed E-state index contributed by atoms with van der Waals surface area (Å²) in [7, 11) is -3.48. The van der Waals surface area contributed by atoms with Crippen molar-refractivity contribution in [1.29, 1.82) is 0 Å². The maximum Gasteiger partial charge on any atom is 0.590 e. The first kappa shape index (κ1) is 43.0. The first-order valence-electron chi connectivity index (χ1n) is 17.4. The highest BCUT2D eigenvalue weighted by Gasteiger charge is 2.57. The fourth-order valence-corrected chi connectivity index (χ4v) is 7.26. The largest absolute Gasteiger partial charge is 0.590 e. The molecule has 0 spiro atoms. The number of phosphoric ester groups is 1. The molecule has 0 saturated carbocycles. The van der Waals surface area contributed by atoms with Crippen molar-refractivity contribution in [3.05, 3.63) is 60.7 Å². The molecule has 19 heteroatoms. The van der Waals surface area contributed by atoms with E-state index in [1.807, 2.05) is 0 Å². The molecule has 55 heavy (non-hydrogen) atoms. The van der Waals surface area contributed by atoms with Gasteiger partial charge in [0.25, 0.3) is 0 Å². The van der Waals surface area contributed by atoms with Crippen molar-refractivity contribution in [3.8, 4) is 11.5 Å². The van der Waals surface area contributed by atoms with Gasteiger partial charge in [-0.1, -0.05) is 50.2 Å². The Balaban J connectivity index is 1.84. The molecule has 4 rings (SSSR count). The lowest BCUT2D eigenvalue weighted by molar-refractivity contribution is -0.354. The number of carbonyl (C=O) groups excluding carboxylic acids is 5. The number of amides is 1. The first-order chi connectivity index (χ1) is 26.1. The summed E-state index contributed by atoms with van der Waals surface area (Å²) in [5.41, 5.74) is 0. The van der Waals surface area contributed by atoms with E-state index >= 15 is 0 Å². The summed E-state index contributed by atoms with van der Waals surface area (Å²) in [4.78, 5) is 62.0. The number of para-hydroxylation sites is 2. The third-order valence-corrected chi connectivity index (χ3v) is 9.58. The lowest BCUT2D eigenvalue weighted by Crippen LogP contribution is -2.65. The van der Waals surface area contributed by atoms with Gasteiger partial charge in [-0.2, -0.15) is 0 Å². The van der Waals surface area contributed by atoms with Crippen molar-refractivity contribution in [2.24, 2.45) is 5.92 Å². The number of hydrogen-bond donors (Lipinski definition) is 1. The second-order valence-corrected chi connectivity index (χ2v) is 13.9. The smallest absolute Gasteiger partial charge is 0.463 e. The molecule has 2 aromatic carbocycles. The Bertz CT molecular complexity index is 1620. The molecule has 0 aliphatic carbocycles. The molecule has 2 aliphatic rings. The molecule has 2 aliphatic heterocycles. The minimum atomic E-state index is -4.74. The van der Waals surface area contributed by atoms with Gasteiger partial charge in [-0.25, -0.2) is 13.9 Å². The fourth-order valence-electron chi connectivity index (χ4n) is 5.95. The van der Waals surface area contributed by atoms with Crippen LogP contribution in [0.25, 0.3) is 0 Å². The van der Waals surface area contributed by atoms with Gasteiger partial charge in [0.15, 0.2) is 24.6 Å². The molecule has 0 aromatic heterocycles. The predicted molar refractivity (Wildman–Crippen MR) is 187 cm³/mol. The summed E-state index contributed by atoms with van der Waals surface area (Å²) in [6.45, 7) is 7.40. The van der Waals surface area contributed by atoms with E-state index in [-0.39, 0.29) is 11.5 Å². The van der Waals surface area contributed by atoms with Gasteiger partial charge in [0.05, 0.1) is 6.10 Å². The third kappa shape index (κ3) is 12.1. The van der Waals surface area contributed by atoms with Crippen molar-refractivity contribution >= 4 is 37.8 Å². The van der Waals surface area contributed by atoms with Gasteiger partial charge >= 0.3 is 37.8 Å². The standard InChI is InChI=1S/C36H46NO17P/c1-8-27-20(2)29(45-22(4)39)32(35(48-27)54-55(43,52-25-15-11-9-12-16-25)53-26-17-13-10-14-18-26)50-34-33(47-24(6)41)31(51-36(42)37-7)30(46-23(5)40)28(49-34)19-44-21(3)38/h9-18,20,27-35H,8,19H2,1-7H3,(H,37,42)/t20-,27+,28-,29+,30-,31+,32+,33+,34-,35-/m1/s1. The number of ether oxygens (including phenoxy) is 8. The molecule has 2 aromatic rings. The summed E-state index contributed by atoms with van der Waals surface area (Å²) in [5, 5.41) is 2.27. The van der Waals surface area contributed by atoms with Crippen LogP contribution in [0.4, 0.5) is 4.79 Å². The number of benzene rings is 2. The number of nitrogens with one attached hydrogen (secondary N) is 1. The van der Waals surface area contributed by atoms with E-state index in [0.29, 0.717) is 6.42 Å². The zero-order valence-corrected chi connectivity index (χ0v) is 32.2. The monoisotopic (exact) mass is 795 g/mol. The lowest BCUT2D eigenvalue weighted by Gasteiger charge is -2.48. The van der Waals surface area contributed by atoms with Crippen LogP contribution in [-0.4, -0.2) is 98.9 Å². The summed E-state index contributed by atoms with van der Waals surface area (Å²) in [6.07, 6.45) is -13.9. The molecule has 2 fully saturated rings. The van der Waals surface area contributed by atoms with Crippen molar-refractivity contribution < 1.29 is 80.0 Å². The fraction of sp³-hybridized carbons (Fsp3) is 0.528. The molecule has 2 heterocycles. The second kappa shape index (κ2) is 19.7. The Morgan fingerprint density at radius 1 is 0.655 bits per heavy atom. The maximum atomic E-state index is 14.7. The zero-order chi connectivity index (χ0) is 40.3. The minimum Gasteiger partial charge on any atom is -0.463 e. The van der Waals surface area contributed by atoms with Gasteiger partial charge in [-0.3, -0.25) is 19.2 Å². The highest BCUT2D eigenvalue weighted by molar-refractivity contribution is 7.49. The quantitative estimate of drug-likeness (QED) is 0.152. The zero-order valence-electron chi connectivity index (χ0n) is 31.3. The average molecular weight is 796 g/mol. The summed E-state index contributed by atoms with van der Waals surface area (Å²) >= 11 is 0. The normalized spacial score (nSPS) is 27.8. The van der Waals surface area contributed by atoms with Crippen LogP contribution in [-0.2, 0) is 66.2 Å². The van der Waals surface area contributed by atoms with Gasteiger partial charge in [0.2, 0.25) is 6.29 Å². The summed E-state index contributed by atoms with van der Waals surface area (Å²) in [5.74, 6) is -3.59. The second-order valence-electron chi connectivity index (χ2n) is 12.5. The van der Waals surface area contributed by atoms with E-state index in [9.17, 15) is 28.5 Å². The van der Waals surface area contributed by atoms with Crippen LogP contribution in [0.15, 0.2) is 60.7 Å². The average Bonchev–Trinajstić information content (AvgIpc) is 3.12. The van der Waals surface area contributed by atoms with E-state index < -0.39 is 106 Å². The predicted octanol–water partition coefficient (Wildman–Crippen LogP) is 4.23. The molecule has 0 unspecified atom stereocenters. The number of phosphoric acid groups is 1. The summed E-state index contributed by atoms with van der Waals surface area (Å²) < 4.78 is 79.0. The van der Waals surface area contributed by atoms with Crippen LogP contribution in [0.3, 0.4) is 0 Å². The van der Waals surface area contributed by atoms with Gasteiger partial charge in [0.1, 0.15) is 36.4 Å². The number of alkyl carbamates (subject to hydrolysis) is 1. The van der Waals surface area contributed by atoms with Gasteiger partial charge in [0, 0.05) is 40.7 Å². The molecule has 0 radical (unpaired) electrons. The molecular weight excluding hydrogens is 749 g/mol. The number of esters is 4. The Morgan fingerprint density at radius 2 is 1.16 bits per heavy atom. The molecular formula is C36H46NO17P. The molecule has 0 bridgehead atoms. The van der Waals surface area contributed by atoms with Crippen LogP contribution in [0.2, 0.25) is 0 Å². The van der Waals surface area contributed by atoms with E-state index in [1.165, 1.54) is 38.2 Å². The van der Waals surface area contributed by atoms with E-state index in [1.54, 1.807) is 50.2 Å². The minimum absolute atomic E-state index is 0.108. The Morgan fingerprint density at radius 3 is 1.65 bits per heavy atom. The molecule has 10 atom stereocenters. The van der Waals surface area contributed by atoms with Crippen LogP contribution >= 0.6 is 7.82 Å². The van der Waals surface area contributed by atoms with Crippen molar-refractivity contribution in [3.63, 3.8) is 0 Å². The van der Waals surface area contributed by atoms with Crippen LogP contribution in [0.5, 0.6) is 11.5 Å². The molecule has 2 saturated heterocycles. The van der Waals surface area contributed by atoms with Crippen LogP contribution in [0.1, 0.15) is 48.0 Å². The molecule has 1 N–H and O–H groups in total. The Kier molecular flexibility index (Phi) is 15.4. The van der Waals surface area contributed by atoms with Gasteiger partial charge < -0.3 is 52.3 Å². The number of rotatable bonds is 15. The van der Waals surface area contributed by atoms with Gasteiger partial charge in [-0.05, 0) is 30.7 Å². The third-order valence-electron chi connectivity index (χ3n) is 8.25. The van der Waals surface area contributed by atoms with Crippen molar-refractivity contribution in [2.45, 2.75) is 103 Å². The van der Waals surface area contributed by atoms with E-state index in [4.69, 9.17) is 51.5 Å². The van der Waals surface area contributed by atoms with Crippen molar-refractivity contribution in [2.75, 3.05) is 13.7 Å². The van der Waals surface area contributed by atoms with Gasteiger partial charge in [-0.15, -0.1) is 0 Å². The van der Waals surface area contributed by atoms with E-state index in [0.717, 1.165) is 20.8 Å².